The molecule has 0 spiro atoms. The molecule has 18 heavy (non-hydrogen) atoms. The average molecular weight is 247 g/mol. The van der Waals surface area contributed by atoms with Crippen molar-refractivity contribution in [3.8, 4) is 23.3 Å². The van der Waals surface area contributed by atoms with Crippen LogP contribution in [0, 0.1) is 23.0 Å². The Balaban J connectivity index is 2.32. The van der Waals surface area contributed by atoms with E-state index in [0.29, 0.717) is 6.07 Å². The number of aromatic hydroxyl groups is 1. The summed E-state index contributed by atoms with van der Waals surface area (Å²) in [5.41, 5.74) is 0.249. The first-order valence-electron chi connectivity index (χ1n) is 4.96. The lowest BCUT2D eigenvalue weighted by Crippen LogP contribution is -1.90. The minimum absolute atomic E-state index is 0.0143. The summed E-state index contributed by atoms with van der Waals surface area (Å²) in [5.74, 6) is -2.11. The van der Waals surface area contributed by atoms with Crippen molar-refractivity contribution in [3.05, 3.63) is 53.6 Å². The molecule has 90 valence electrons. The highest BCUT2D eigenvalue weighted by Crippen LogP contribution is 2.32. The number of hydrogen-bond donors (Lipinski definition) is 1. The number of rotatable bonds is 2. The molecule has 0 fully saturated rings. The van der Waals surface area contributed by atoms with Crippen molar-refractivity contribution < 1.29 is 18.6 Å². The van der Waals surface area contributed by atoms with Gasteiger partial charge in [-0.2, -0.15) is 5.26 Å². The van der Waals surface area contributed by atoms with E-state index in [1.54, 1.807) is 0 Å². The maximum Gasteiger partial charge on any atom is 0.169 e. The molecule has 5 heteroatoms. The predicted octanol–water partition coefficient (Wildman–Crippen LogP) is 3.33. The molecule has 2 rings (SSSR count). The molecule has 0 saturated heterocycles. The van der Waals surface area contributed by atoms with Crippen LogP contribution in [0.15, 0.2) is 36.4 Å². The normalized spacial score (nSPS) is 9.83. The van der Waals surface area contributed by atoms with Gasteiger partial charge in [0.2, 0.25) is 0 Å². The molecule has 0 aliphatic carbocycles. The molecule has 0 aliphatic heterocycles. The first kappa shape index (κ1) is 11.9. The summed E-state index contributed by atoms with van der Waals surface area (Å²) in [6, 6.07) is 8.60. The second-order valence-corrected chi connectivity index (χ2v) is 3.47. The minimum atomic E-state index is -0.876. The monoisotopic (exact) mass is 247 g/mol. The van der Waals surface area contributed by atoms with Gasteiger partial charge in [-0.1, -0.05) is 0 Å². The van der Waals surface area contributed by atoms with Crippen molar-refractivity contribution in [1.29, 1.82) is 5.26 Å². The second kappa shape index (κ2) is 4.72. The Labute approximate surface area is 101 Å². The summed E-state index contributed by atoms with van der Waals surface area (Å²) in [6.07, 6.45) is 0. The fourth-order valence-corrected chi connectivity index (χ4v) is 1.35. The van der Waals surface area contributed by atoms with Gasteiger partial charge in [-0.3, -0.25) is 0 Å². The lowest BCUT2D eigenvalue weighted by Gasteiger charge is -2.08. The Hall–Kier alpha value is -2.61. The topological polar surface area (TPSA) is 53.2 Å². The van der Waals surface area contributed by atoms with Gasteiger partial charge >= 0.3 is 0 Å². The second-order valence-electron chi connectivity index (χ2n) is 3.47. The van der Waals surface area contributed by atoms with Crippen LogP contribution >= 0.6 is 0 Å². The maximum atomic E-state index is 13.3. The fraction of sp³-hybridized carbons (Fsp3) is 0. The van der Waals surface area contributed by atoms with Crippen molar-refractivity contribution in [2.24, 2.45) is 0 Å². The van der Waals surface area contributed by atoms with Crippen LogP contribution in [0.3, 0.4) is 0 Å². The summed E-state index contributed by atoms with van der Waals surface area (Å²) >= 11 is 0. The zero-order valence-corrected chi connectivity index (χ0v) is 9.02. The van der Waals surface area contributed by atoms with Crippen molar-refractivity contribution in [3.63, 3.8) is 0 Å². The van der Waals surface area contributed by atoms with Gasteiger partial charge in [0.25, 0.3) is 0 Å². The number of phenolic OH excluding ortho intramolecular Hbond substituents is 1. The van der Waals surface area contributed by atoms with E-state index in [9.17, 15) is 13.9 Å². The van der Waals surface area contributed by atoms with E-state index in [-0.39, 0.29) is 22.8 Å². The molecular weight excluding hydrogens is 240 g/mol. The van der Waals surface area contributed by atoms with Crippen LogP contribution in [-0.4, -0.2) is 5.11 Å². The third-order valence-electron chi connectivity index (χ3n) is 2.20. The summed E-state index contributed by atoms with van der Waals surface area (Å²) in [6.45, 7) is 0. The van der Waals surface area contributed by atoms with Crippen LogP contribution in [0.2, 0.25) is 0 Å². The highest BCUT2D eigenvalue weighted by molar-refractivity contribution is 5.47. The van der Waals surface area contributed by atoms with E-state index in [0.717, 1.165) is 12.1 Å². The molecule has 0 radical (unpaired) electrons. The molecule has 0 aromatic heterocycles. The molecule has 0 atom stereocenters. The van der Waals surface area contributed by atoms with E-state index in [1.807, 2.05) is 6.07 Å². The Morgan fingerprint density at radius 3 is 2.39 bits per heavy atom. The molecule has 2 aromatic rings. The number of nitriles is 1. The van der Waals surface area contributed by atoms with E-state index in [2.05, 4.69) is 0 Å². The summed E-state index contributed by atoms with van der Waals surface area (Å²) in [7, 11) is 0. The van der Waals surface area contributed by atoms with Crippen LogP contribution in [0.1, 0.15) is 5.56 Å². The molecule has 2 aromatic carbocycles. The smallest absolute Gasteiger partial charge is 0.169 e. The van der Waals surface area contributed by atoms with E-state index >= 15 is 0 Å². The van der Waals surface area contributed by atoms with Crippen LogP contribution in [0.25, 0.3) is 0 Å². The van der Waals surface area contributed by atoms with Gasteiger partial charge in [-0.15, -0.1) is 0 Å². The van der Waals surface area contributed by atoms with Crippen molar-refractivity contribution in [1.82, 2.24) is 0 Å². The number of phenols is 1. The van der Waals surface area contributed by atoms with E-state index in [1.165, 1.54) is 18.2 Å². The first-order chi connectivity index (χ1) is 8.60. The number of ether oxygens (including phenoxy) is 1. The molecule has 1 N–H and O–H groups in total. The Bertz CT molecular complexity index is 635. The van der Waals surface area contributed by atoms with Crippen molar-refractivity contribution >= 4 is 0 Å². The molecule has 3 nitrogen and oxygen atoms in total. The highest BCUT2D eigenvalue weighted by Gasteiger charge is 2.09. The standard InChI is InChI=1S/C13H7F2NO2/c14-9-2-4-12(10(15)6-9)18-13-3-1-8(7-16)5-11(13)17/h1-6,17H. The van der Waals surface area contributed by atoms with Gasteiger partial charge in [0.1, 0.15) is 5.82 Å². The number of nitrogens with zero attached hydrogens (tertiary/aromatic N) is 1. The van der Waals surface area contributed by atoms with Gasteiger partial charge < -0.3 is 9.84 Å². The maximum absolute atomic E-state index is 13.3. The van der Waals surface area contributed by atoms with Gasteiger partial charge in [-0.05, 0) is 24.3 Å². The fourth-order valence-electron chi connectivity index (χ4n) is 1.35. The zero-order valence-electron chi connectivity index (χ0n) is 9.02. The zero-order chi connectivity index (χ0) is 13.1. The van der Waals surface area contributed by atoms with Crippen LogP contribution < -0.4 is 4.74 Å². The van der Waals surface area contributed by atoms with Gasteiger partial charge in [0.15, 0.2) is 23.1 Å². The third-order valence-corrected chi connectivity index (χ3v) is 2.20. The molecule has 0 aliphatic rings. The minimum Gasteiger partial charge on any atom is -0.504 e. The number of benzene rings is 2. The molecule has 0 saturated carbocycles. The number of hydrogen-bond acceptors (Lipinski definition) is 3. The number of halogens is 2. The lowest BCUT2D eigenvalue weighted by atomic mass is 10.2. The van der Waals surface area contributed by atoms with Crippen molar-refractivity contribution in [2.45, 2.75) is 0 Å². The van der Waals surface area contributed by atoms with Crippen LogP contribution in [0.5, 0.6) is 17.2 Å². The first-order valence-corrected chi connectivity index (χ1v) is 4.96. The third kappa shape index (κ3) is 2.38. The van der Waals surface area contributed by atoms with Gasteiger partial charge in [0, 0.05) is 12.1 Å². The summed E-state index contributed by atoms with van der Waals surface area (Å²) in [5, 5.41) is 18.2. The van der Waals surface area contributed by atoms with E-state index < -0.39 is 11.6 Å². The molecule has 0 amide bonds. The lowest BCUT2D eigenvalue weighted by molar-refractivity contribution is 0.394. The van der Waals surface area contributed by atoms with Crippen molar-refractivity contribution in [2.75, 3.05) is 0 Å². The summed E-state index contributed by atoms with van der Waals surface area (Å²) < 4.78 is 31.1. The van der Waals surface area contributed by atoms with Gasteiger partial charge in [0.05, 0.1) is 11.6 Å². The Morgan fingerprint density at radius 1 is 1.06 bits per heavy atom. The molecule has 0 bridgehead atoms. The average Bonchev–Trinajstić information content (AvgIpc) is 2.34. The molecule has 0 unspecified atom stereocenters. The predicted molar refractivity (Wildman–Crippen MR) is 59.3 cm³/mol. The molecular formula is C13H7F2NO2. The Kier molecular flexibility index (Phi) is 3.11. The largest absolute Gasteiger partial charge is 0.504 e. The van der Waals surface area contributed by atoms with E-state index in [4.69, 9.17) is 10.00 Å². The quantitative estimate of drug-likeness (QED) is 0.885. The summed E-state index contributed by atoms with van der Waals surface area (Å²) in [4.78, 5) is 0. The van der Waals surface area contributed by atoms with Gasteiger partial charge in [-0.25, -0.2) is 8.78 Å². The Morgan fingerprint density at radius 2 is 1.78 bits per heavy atom. The van der Waals surface area contributed by atoms with Crippen LogP contribution in [0.4, 0.5) is 8.78 Å². The highest BCUT2D eigenvalue weighted by atomic mass is 19.1. The van der Waals surface area contributed by atoms with Crippen LogP contribution in [-0.2, 0) is 0 Å². The SMILES string of the molecule is N#Cc1ccc(Oc2ccc(F)cc2F)c(O)c1. The molecule has 0 heterocycles.